The van der Waals surface area contributed by atoms with Gasteiger partial charge in [-0.15, -0.1) is 0 Å². The van der Waals surface area contributed by atoms with Gasteiger partial charge in [-0.05, 0) is 56.3 Å². The Hall–Kier alpha value is -1.02. The standard InChI is InChI=1S/C16H25NO/c1-3-13-7-5-9-15(11-13)18-16-10-6-8-14(12-16)17-4-2/h5,7,9,11,14,16-17H,3-4,6,8,10,12H2,1-2H3. The van der Waals surface area contributed by atoms with E-state index in [0.29, 0.717) is 12.1 Å². The molecular weight excluding hydrogens is 222 g/mol. The number of hydrogen-bond acceptors (Lipinski definition) is 2. The van der Waals surface area contributed by atoms with Gasteiger partial charge in [-0.25, -0.2) is 0 Å². The summed E-state index contributed by atoms with van der Waals surface area (Å²) in [6, 6.07) is 9.16. The Morgan fingerprint density at radius 1 is 1.28 bits per heavy atom. The van der Waals surface area contributed by atoms with Crippen LogP contribution < -0.4 is 10.1 Å². The zero-order valence-electron chi connectivity index (χ0n) is 11.6. The molecule has 0 radical (unpaired) electrons. The molecular formula is C16H25NO. The third kappa shape index (κ3) is 3.74. The summed E-state index contributed by atoms with van der Waals surface area (Å²) in [5, 5.41) is 3.54. The molecule has 18 heavy (non-hydrogen) atoms. The second-order valence-electron chi connectivity index (χ2n) is 5.16. The Kier molecular flexibility index (Phi) is 5.06. The Labute approximate surface area is 111 Å². The summed E-state index contributed by atoms with van der Waals surface area (Å²) in [7, 11) is 0. The van der Waals surface area contributed by atoms with E-state index in [1.807, 2.05) is 0 Å². The first-order chi connectivity index (χ1) is 8.81. The van der Waals surface area contributed by atoms with Gasteiger partial charge in [0.25, 0.3) is 0 Å². The summed E-state index contributed by atoms with van der Waals surface area (Å²) in [6.07, 6.45) is 6.36. The van der Waals surface area contributed by atoms with Gasteiger partial charge in [-0.1, -0.05) is 26.0 Å². The van der Waals surface area contributed by atoms with Crippen LogP contribution in [-0.4, -0.2) is 18.7 Å². The lowest BCUT2D eigenvalue weighted by Gasteiger charge is -2.30. The van der Waals surface area contributed by atoms with E-state index in [-0.39, 0.29) is 0 Å². The SMILES string of the molecule is CCNC1CCCC(Oc2cccc(CC)c2)C1. The molecule has 0 aliphatic heterocycles. The van der Waals surface area contributed by atoms with Crippen LogP contribution >= 0.6 is 0 Å². The number of rotatable bonds is 5. The predicted octanol–water partition coefficient (Wildman–Crippen LogP) is 3.55. The van der Waals surface area contributed by atoms with E-state index in [9.17, 15) is 0 Å². The minimum Gasteiger partial charge on any atom is -0.490 e. The molecule has 100 valence electrons. The molecule has 2 heteroatoms. The maximum Gasteiger partial charge on any atom is 0.119 e. The third-order valence-corrected chi connectivity index (χ3v) is 3.73. The van der Waals surface area contributed by atoms with Crippen LogP contribution in [0.3, 0.4) is 0 Å². The van der Waals surface area contributed by atoms with Crippen molar-refractivity contribution in [2.75, 3.05) is 6.54 Å². The van der Waals surface area contributed by atoms with Gasteiger partial charge in [0.2, 0.25) is 0 Å². The zero-order valence-corrected chi connectivity index (χ0v) is 11.6. The lowest BCUT2D eigenvalue weighted by Crippen LogP contribution is -2.37. The van der Waals surface area contributed by atoms with E-state index >= 15 is 0 Å². The fourth-order valence-electron chi connectivity index (χ4n) is 2.76. The van der Waals surface area contributed by atoms with Crippen LogP contribution in [0.5, 0.6) is 5.75 Å². The van der Waals surface area contributed by atoms with Crippen molar-refractivity contribution in [1.29, 1.82) is 0 Å². The quantitative estimate of drug-likeness (QED) is 0.859. The van der Waals surface area contributed by atoms with Crippen LogP contribution in [0.25, 0.3) is 0 Å². The lowest BCUT2D eigenvalue weighted by atomic mass is 9.93. The van der Waals surface area contributed by atoms with Crippen molar-refractivity contribution in [3.05, 3.63) is 29.8 Å². The van der Waals surface area contributed by atoms with Crippen molar-refractivity contribution in [3.8, 4) is 5.75 Å². The van der Waals surface area contributed by atoms with E-state index < -0.39 is 0 Å². The molecule has 0 bridgehead atoms. The molecule has 2 unspecified atom stereocenters. The maximum atomic E-state index is 6.13. The molecule has 1 aliphatic carbocycles. The fraction of sp³-hybridized carbons (Fsp3) is 0.625. The van der Waals surface area contributed by atoms with E-state index in [0.717, 1.165) is 25.1 Å². The van der Waals surface area contributed by atoms with Crippen molar-refractivity contribution in [2.24, 2.45) is 0 Å². The molecule has 1 N–H and O–H groups in total. The lowest BCUT2D eigenvalue weighted by molar-refractivity contribution is 0.135. The molecule has 0 heterocycles. The van der Waals surface area contributed by atoms with E-state index in [1.165, 1.54) is 24.8 Å². The van der Waals surface area contributed by atoms with Crippen LogP contribution in [0.15, 0.2) is 24.3 Å². The van der Waals surface area contributed by atoms with Gasteiger partial charge in [0.15, 0.2) is 0 Å². The molecule has 1 aromatic carbocycles. The normalized spacial score (nSPS) is 23.9. The van der Waals surface area contributed by atoms with Crippen LogP contribution in [-0.2, 0) is 6.42 Å². The molecule has 1 aliphatic rings. The predicted molar refractivity (Wildman–Crippen MR) is 76.2 cm³/mol. The average molecular weight is 247 g/mol. The molecule has 0 saturated heterocycles. The van der Waals surface area contributed by atoms with E-state index in [1.54, 1.807) is 0 Å². The highest BCUT2D eigenvalue weighted by Gasteiger charge is 2.22. The number of nitrogens with one attached hydrogen (secondary N) is 1. The summed E-state index contributed by atoms with van der Waals surface area (Å²) in [5.74, 6) is 1.04. The first-order valence-electron chi connectivity index (χ1n) is 7.30. The minimum atomic E-state index is 0.384. The van der Waals surface area contributed by atoms with Gasteiger partial charge in [-0.3, -0.25) is 0 Å². The molecule has 1 aromatic rings. The zero-order chi connectivity index (χ0) is 12.8. The minimum absolute atomic E-state index is 0.384. The smallest absolute Gasteiger partial charge is 0.119 e. The molecule has 0 spiro atoms. The fourth-order valence-corrected chi connectivity index (χ4v) is 2.76. The van der Waals surface area contributed by atoms with Gasteiger partial charge in [-0.2, -0.15) is 0 Å². The van der Waals surface area contributed by atoms with Crippen molar-refractivity contribution in [2.45, 2.75) is 58.1 Å². The summed E-state index contributed by atoms with van der Waals surface area (Å²) in [6.45, 7) is 5.42. The second-order valence-corrected chi connectivity index (χ2v) is 5.16. The maximum absolute atomic E-state index is 6.13. The van der Waals surface area contributed by atoms with Gasteiger partial charge in [0, 0.05) is 6.04 Å². The Balaban J connectivity index is 1.91. The summed E-state index contributed by atoms with van der Waals surface area (Å²) in [4.78, 5) is 0. The molecule has 2 atom stereocenters. The van der Waals surface area contributed by atoms with Gasteiger partial charge < -0.3 is 10.1 Å². The Morgan fingerprint density at radius 2 is 2.17 bits per heavy atom. The van der Waals surface area contributed by atoms with Gasteiger partial charge in [0.05, 0.1) is 0 Å². The Morgan fingerprint density at radius 3 is 2.94 bits per heavy atom. The summed E-state index contributed by atoms with van der Waals surface area (Å²) < 4.78 is 6.13. The number of ether oxygens (including phenoxy) is 1. The monoisotopic (exact) mass is 247 g/mol. The topological polar surface area (TPSA) is 21.3 Å². The third-order valence-electron chi connectivity index (χ3n) is 3.73. The average Bonchev–Trinajstić information content (AvgIpc) is 2.40. The van der Waals surface area contributed by atoms with Crippen molar-refractivity contribution in [3.63, 3.8) is 0 Å². The van der Waals surface area contributed by atoms with Gasteiger partial charge >= 0.3 is 0 Å². The highest BCUT2D eigenvalue weighted by molar-refractivity contribution is 5.28. The molecule has 1 fully saturated rings. The first kappa shape index (κ1) is 13.4. The van der Waals surface area contributed by atoms with Crippen LogP contribution in [0, 0.1) is 0 Å². The van der Waals surface area contributed by atoms with E-state index in [2.05, 4.69) is 43.4 Å². The highest BCUT2D eigenvalue weighted by atomic mass is 16.5. The number of hydrogen-bond donors (Lipinski definition) is 1. The first-order valence-corrected chi connectivity index (χ1v) is 7.30. The molecule has 2 nitrogen and oxygen atoms in total. The van der Waals surface area contributed by atoms with Crippen LogP contribution in [0.4, 0.5) is 0 Å². The van der Waals surface area contributed by atoms with Crippen molar-refractivity contribution in [1.82, 2.24) is 5.32 Å². The largest absolute Gasteiger partial charge is 0.490 e. The number of benzene rings is 1. The molecule has 2 rings (SSSR count). The van der Waals surface area contributed by atoms with Crippen molar-refractivity contribution < 1.29 is 4.74 Å². The number of aryl methyl sites for hydroxylation is 1. The highest BCUT2D eigenvalue weighted by Crippen LogP contribution is 2.24. The second kappa shape index (κ2) is 6.79. The van der Waals surface area contributed by atoms with Crippen LogP contribution in [0.2, 0.25) is 0 Å². The Bertz CT molecular complexity index is 362. The van der Waals surface area contributed by atoms with Crippen LogP contribution in [0.1, 0.15) is 45.1 Å². The molecule has 0 aromatic heterocycles. The summed E-state index contributed by atoms with van der Waals surface area (Å²) >= 11 is 0. The molecule has 0 amide bonds. The van der Waals surface area contributed by atoms with Crippen molar-refractivity contribution >= 4 is 0 Å². The summed E-state index contributed by atoms with van der Waals surface area (Å²) in [5.41, 5.74) is 1.35. The van der Waals surface area contributed by atoms with E-state index in [4.69, 9.17) is 4.74 Å². The molecule has 1 saturated carbocycles. The van der Waals surface area contributed by atoms with Gasteiger partial charge in [0.1, 0.15) is 11.9 Å².